The number of sulfonamides is 1. The molecule has 0 radical (unpaired) electrons. The van der Waals surface area contributed by atoms with Gasteiger partial charge in [0.2, 0.25) is 15.9 Å². The molecule has 0 unspecified atom stereocenters. The molecular weight excluding hydrogens is 627 g/mol. The topological polar surface area (TPSA) is 155 Å². The smallest absolute Gasteiger partial charge is 0.252 e. The highest BCUT2D eigenvalue weighted by atomic mass is 32.2. The highest BCUT2D eigenvalue weighted by Crippen LogP contribution is 2.29. The predicted molar refractivity (Wildman–Crippen MR) is 188 cm³/mol. The Morgan fingerprint density at radius 1 is 0.854 bits per heavy atom. The molecule has 0 spiro atoms. The highest BCUT2D eigenvalue weighted by Gasteiger charge is 2.33. The van der Waals surface area contributed by atoms with E-state index in [4.69, 9.17) is 5.73 Å². The van der Waals surface area contributed by atoms with Crippen molar-refractivity contribution in [2.45, 2.75) is 56.0 Å². The number of nitrogens with one attached hydrogen (secondary N) is 2. The van der Waals surface area contributed by atoms with Gasteiger partial charge in [0.15, 0.2) is 0 Å². The Balaban J connectivity index is 1.48. The molecule has 11 heteroatoms. The van der Waals surface area contributed by atoms with Crippen LogP contribution >= 0.6 is 0 Å². The molecule has 0 saturated carbocycles. The van der Waals surface area contributed by atoms with Gasteiger partial charge in [-0.05, 0) is 66.3 Å². The van der Waals surface area contributed by atoms with Gasteiger partial charge < -0.3 is 21.5 Å². The van der Waals surface area contributed by atoms with Crippen LogP contribution in [0.4, 0.5) is 5.69 Å². The van der Waals surface area contributed by atoms with Gasteiger partial charge in [-0.15, -0.1) is 0 Å². The maximum Gasteiger partial charge on any atom is 0.252 e. The lowest BCUT2D eigenvalue weighted by Gasteiger charge is -2.31. The quantitative estimate of drug-likeness (QED) is 0.0946. The van der Waals surface area contributed by atoms with Gasteiger partial charge in [0.1, 0.15) is 6.04 Å². The van der Waals surface area contributed by atoms with Crippen molar-refractivity contribution in [3.63, 3.8) is 0 Å². The van der Waals surface area contributed by atoms with E-state index < -0.39 is 33.9 Å². The summed E-state index contributed by atoms with van der Waals surface area (Å²) in [5.41, 5.74) is 8.36. The summed E-state index contributed by atoms with van der Waals surface area (Å²) in [6.45, 7) is 4.05. The number of benzene rings is 3. The first-order valence-corrected chi connectivity index (χ1v) is 17.6. The molecule has 0 aliphatic heterocycles. The summed E-state index contributed by atoms with van der Waals surface area (Å²) in [4.78, 5) is 31.4. The Morgan fingerprint density at radius 2 is 1.44 bits per heavy atom. The second-order valence-electron chi connectivity index (χ2n) is 12.1. The normalized spacial score (nSPS) is 13.0. The number of pyridine rings is 1. The molecule has 4 aromatic rings. The molecule has 3 aromatic carbocycles. The van der Waals surface area contributed by atoms with E-state index in [1.54, 1.807) is 24.3 Å². The average Bonchev–Trinajstić information content (AvgIpc) is 3.10. The largest absolute Gasteiger partial charge is 0.399 e. The number of amides is 2. The Kier molecular flexibility index (Phi) is 13.2. The minimum Gasteiger partial charge on any atom is -0.399 e. The summed E-state index contributed by atoms with van der Waals surface area (Å²) in [6, 6.07) is 26.8. The molecule has 5 N–H and O–H groups in total. The first kappa shape index (κ1) is 36.3. The van der Waals surface area contributed by atoms with Crippen LogP contribution in [-0.4, -0.2) is 66.4 Å². The number of unbranched alkanes of at least 4 members (excludes halogenated alkanes) is 1. The third kappa shape index (κ3) is 9.72. The van der Waals surface area contributed by atoms with Crippen molar-refractivity contribution in [1.82, 2.24) is 19.9 Å². The number of carbonyl (C=O) groups is 2. The van der Waals surface area contributed by atoms with Crippen LogP contribution in [0.1, 0.15) is 60.5 Å². The number of hydrogen-bond acceptors (Lipinski definition) is 7. The van der Waals surface area contributed by atoms with Gasteiger partial charge in [0.05, 0.1) is 11.5 Å². The van der Waals surface area contributed by atoms with E-state index in [2.05, 4.69) is 15.6 Å². The van der Waals surface area contributed by atoms with Crippen LogP contribution < -0.4 is 16.4 Å². The maximum atomic E-state index is 13.9. The number of carbonyl (C=O) groups excluding carboxylic acids is 2. The van der Waals surface area contributed by atoms with Gasteiger partial charge in [-0.3, -0.25) is 14.6 Å². The molecule has 0 aliphatic rings. The van der Waals surface area contributed by atoms with E-state index >= 15 is 0 Å². The third-order valence-electron chi connectivity index (χ3n) is 8.08. The molecule has 254 valence electrons. The van der Waals surface area contributed by atoms with Crippen molar-refractivity contribution >= 4 is 27.5 Å². The minimum absolute atomic E-state index is 0.0309. The monoisotopic (exact) mass is 671 g/mol. The van der Waals surface area contributed by atoms with E-state index in [9.17, 15) is 23.1 Å². The number of hydrogen-bond donors (Lipinski definition) is 4. The standard InChI is InChI=1S/C37H45N5O5S/c1-27(2)25-42(48(46,47)33-18-16-31(38)17-19-33)32(26-43)15-9-10-22-40-37(45)35(41-36(44)30-20-23-39-24-21-30)34(28-11-5-3-6-12-28)29-13-7-4-8-14-29/h3-8,11-14,16-21,23-24,27,32,34-35,43H,9-10,15,22,25-26,38H2,1-2H3,(H,40,45)(H,41,44)/t32-,35-/m0/s1. The molecule has 0 saturated heterocycles. The number of nitrogens with two attached hydrogens (primary N) is 1. The van der Waals surface area contributed by atoms with Crippen molar-refractivity contribution in [3.8, 4) is 0 Å². The highest BCUT2D eigenvalue weighted by molar-refractivity contribution is 7.89. The van der Waals surface area contributed by atoms with Gasteiger partial charge >= 0.3 is 0 Å². The average molecular weight is 672 g/mol. The summed E-state index contributed by atoms with van der Waals surface area (Å²) < 4.78 is 28.6. The van der Waals surface area contributed by atoms with Crippen LogP contribution in [0, 0.1) is 5.92 Å². The summed E-state index contributed by atoms with van der Waals surface area (Å²) in [7, 11) is -3.88. The fourth-order valence-corrected chi connectivity index (χ4v) is 7.47. The van der Waals surface area contributed by atoms with Crippen LogP contribution in [0.2, 0.25) is 0 Å². The van der Waals surface area contributed by atoms with Crippen molar-refractivity contribution in [2.24, 2.45) is 5.92 Å². The van der Waals surface area contributed by atoms with Gasteiger partial charge in [-0.25, -0.2) is 8.42 Å². The number of aliphatic hydroxyl groups is 1. The predicted octanol–water partition coefficient (Wildman–Crippen LogP) is 4.59. The van der Waals surface area contributed by atoms with Crippen LogP contribution in [0.15, 0.2) is 114 Å². The zero-order valence-electron chi connectivity index (χ0n) is 27.4. The van der Waals surface area contributed by atoms with Crippen LogP contribution in [0.25, 0.3) is 0 Å². The van der Waals surface area contributed by atoms with Crippen molar-refractivity contribution < 1.29 is 23.1 Å². The molecule has 0 fully saturated rings. The van der Waals surface area contributed by atoms with Crippen molar-refractivity contribution in [1.29, 1.82) is 0 Å². The second kappa shape index (κ2) is 17.5. The molecule has 0 bridgehead atoms. The van der Waals surface area contributed by atoms with Crippen LogP contribution in [0.3, 0.4) is 0 Å². The van der Waals surface area contributed by atoms with Gasteiger partial charge in [-0.2, -0.15) is 4.31 Å². The first-order valence-electron chi connectivity index (χ1n) is 16.2. The molecule has 2 amide bonds. The first-order chi connectivity index (χ1) is 23.1. The SMILES string of the molecule is CC(C)CN([C@H](CO)CCCCNC(=O)[C@@H](NC(=O)c1ccncc1)C(c1ccccc1)c1ccccc1)S(=O)(=O)c1ccc(N)cc1. The molecule has 1 aromatic heterocycles. The lowest BCUT2D eigenvalue weighted by atomic mass is 9.84. The van der Waals surface area contributed by atoms with E-state index in [1.807, 2.05) is 74.5 Å². The number of anilines is 1. The van der Waals surface area contributed by atoms with Crippen LogP contribution in [0.5, 0.6) is 0 Å². The summed E-state index contributed by atoms with van der Waals surface area (Å²) in [5.74, 6) is -1.18. The Bertz CT molecular complexity index is 1650. The number of rotatable bonds is 17. The fourth-order valence-electron chi connectivity index (χ4n) is 5.66. The van der Waals surface area contributed by atoms with E-state index in [-0.39, 0.29) is 29.9 Å². The molecule has 4 rings (SSSR count). The Morgan fingerprint density at radius 3 is 1.98 bits per heavy atom. The maximum absolute atomic E-state index is 13.9. The van der Waals surface area contributed by atoms with Crippen molar-refractivity contribution in [3.05, 3.63) is 126 Å². The molecule has 0 aliphatic carbocycles. The number of aromatic nitrogens is 1. The fraction of sp³-hybridized carbons (Fsp3) is 0.324. The summed E-state index contributed by atoms with van der Waals surface area (Å²) >= 11 is 0. The molecular formula is C37H45N5O5S. The zero-order chi connectivity index (χ0) is 34.5. The molecule has 10 nitrogen and oxygen atoms in total. The van der Waals surface area contributed by atoms with Gasteiger partial charge in [0.25, 0.3) is 5.91 Å². The Hall–Kier alpha value is -4.58. The van der Waals surface area contributed by atoms with Gasteiger partial charge in [0, 0.05) is 48.7 Å². The molecule has 2 atom stereocenters. The molecule has 1 heterocycles. The lowest BCUT2D eigenvalue weighted by Crippen LogP contribution is -2.50. The van der Waals surface area contributed by atoms with E-state index in [0.29, 0.717) is 37.1 Å². The minimum atomic E-state index is -3.88. The third-order valence-corrected chi connectivity index (χ3v) is 10.0. The Labute approximate surface area is 283 Å². The van der Waals surface area contributed by atoms with E-state index in [0.717, 1.165) is 11.1 Å². The zero-order valence-corrected chi connectivity index (χ0v) is 28.2. The molecule has 48 heavy (non-hydrogen) atoms. The van der Waals surface area contributed by atoms with Gasteiger partial charge in [-0.1, -0.05) is 80.9 Å². The van der Waals surface area contributed by atoms with Crippen LogP contribution in [-0.2, 0) is 14.8 Å². The summed E-state index contributed by atoms with van der Waals surface area (Å²) in [5, 5.41) is 16.3. The van der Waals surface area contributed by atoms with Crippen molar-refractivity contribution in [2.75, 3.05) is 25.4 Å². The number of aliphatic hydroxyl groups excluding tert-OH is 1. The summed E-state index contributed by atoms with van der Waals surface area (Å²) in [6.07, 6.45) is 4.53. The second-order valence-corrected chi connectivity index (χ2v) is 14.0. The van der Waals surface area contributed by atoms with E-state index in [1.165, 1.54) is 28.8 Å². The number of nitrogens with zero attached hydrogens (tertiary/aromatic N) is 2. The number of nitrogen functional groups attached to an aromatic ring is 1. The lowest BCUT2D eigenvalue weighted by molar-refractivity contribution is -0.123.